The van der Waals surface area contributed by atoms with Crippen LogP contribution in [0.15, 0.2) is 70.8 Å². The van der Waals surface area contributed by atoms with Gasteiger partial charge in [0.1, 0.15) is 29.7 Å². The number of carbonyl (C=O) groups excluding carboxylic acids is 2. The maximum atomic E-state index is 14.7. The van der Waals surface area contributed by atoms with Gasteiger partial charge in [-0.05, 0) is 63.2 Å². The van der Waals surface area contributed by atoms with Crippen molar-refractivity contribution in [3.63, 3.8) is 0 Å². The number of pyridine rings is 1. The SMILES string of the molecule is CN(C)Cc1nc(Cl)c2c(c1OCc1ccccc1)C(O)=C1C(=O)[C@]3(O)C(=O)c4c(OCc5ccccc5)noc4C(N(C)C)[C@@H]3C[C@@H]1C2. The summed E-state index contributed by atoms with van der Waals surface area (Å²) in [4.78, 5) is 37.4. The molecular weight excluding hydrogens is 648 g/mol. The lowest BCUT2D eigenvalue weighted by atomic mass is 9.57. The summed E-state index contributed by atoms with van der Waals surface area (Å²) in [6, 6.07) is 18.2. The van der Waals surface area contributed by atoms with Gasteiger partial charge in [0.15, 0.2) is 17.1 Å². The van der Waals surface area contributed by atoms with E-state index in [-0.39, 0.29) is 65.3 Å². The molecule has 1 fully saturated rings. The second-order valence-electron chi connectivity index (χ2n) is 13.4. The van der Waals surface area contributed by atoms with Gasteiger partial charge in [-0.2, -0.15) is 0 Å². The minimum Gasteiger partial charge on any atom is -0.507 e. The van der Waals surface area contributed by atoms with Gasteiger partial charge in [0, 0.05) is 23.6 Å². The van der Waals surface area contributed by atoms with Gasteiger partial charge in [-0.1, -0.05) is 72.3 Å². The Bertz CT molecular complexity index is 1960. The first-order valence-electron chi connectivity index (χ1n) is 16.1. The molecule has 4 aromatic rings. The Morgan fingerprint density at radius 3 is 2.18 bits per heavy atom. The van der Waals surface area contributed by atoms with E-state index in [1.807, 2.05) is 79.7 Å². The monoisotopic (exact) mass is 684 g/mol. The second kappa shape index (κ2) is 12.7. The number of hydrogen-bond acceptors (Lipinski definition) is 11. The molecule has 7 rings (SSSR count). The molecule has 0 radical (unpaired) electrons. The Kier molecular flexibility index (Phi) is 8.56. The van der Waals surface area contributed by atoms with E-state index in [1.54, 1.807) is 19.0 Å². The number of aliphatic hydroxyl groups is 2. The highest BCUT2D eigenvalue weighted by atomic mass is 35.5. The number of carbonyl (C=O) groups is 2. The molecule has 254 valence electrons. The average Bonchev–Trinajstić information content (AvgIpc) is 3.49. The summed E-state index contributed by atoms with van der Waals surface area (Å²) in [5.74, 6) is -3.19. The smallest absolute Gasteiger partial charge is 0.265 e. The summed E-state index contributed by atoms with van der Waals surface area (Å²) >= 11 is 6.81. The fourth-order valence-electron chi connectivity index (χ4n) is 7.49. The van der Waals surface area contributed by atoms with Gasteiger partial charge in [0.2, 0.25) is 11.6 Å². The second-order valence-corrected chi connectivity index (χ2v) is 13.7. The number of nitrogens with zero attached hydrogens (tertiary/aromatic N) is 4. The molecular formula is C37H37ClN4O7. The summed E-state index contributed by atoms with van der Waals surface area (Å²) in [6.45, 7) is 0.609. The molecule has 11 nitrogen and oxygen atoms in total. The van der Waals surface area contributed by atoms with Crippen LogP contribution in [0.4, 0.5) is 0 Å². The van der Waals surface area contributed by atoms with Crippen LogP contribution in [0, 0.1) is 11.8 Å². The molecule has 2 aromatic carbocycles. The van der Waals surface area contributed by atoms with E-state index >= 15 is 0 Å². The summed E-state index contributed by atoms with van der Waals surface area (Å²) in [7, 11) is 7.31. The highest BCUT2D eigenvalue weighted by molar-refractivity contribution is 6.31. The molecule has 1 saturated carbocycles. The highest BCUT2D eigenvalue weighted by Crippen LogP contribution is 2.56. The Hall–Kier alpha value is -4.55. The van der Waals surface area contributed by atoms with E-state index in [9.17, 15) is 19.8 Å². The number of Topliss-reactive ketones (excluding diaryl/α,β-unsaturated/α-hetero) is 2. The van der Waals surface area contributed by atoms with E-state index < -0.39 is 35.0 Å². The molecule has 2 aromatic heterocycles. The van der Waals surface area contributed by atoms with E-state index in [1.165, 1.54) is 0 Å². The molecule has 0 amide bonds. The van der Waals surface area contributed by atoms with Crippen LogP contribution < -0.4 is 9.47 Å². The lowest BCUT2D eigenvalue weighted by molar-refractivity contribution is -0.142. The molecule has 1 unspecified atom stereocenters. The van der Waals surface area contributed by atoms with Gasteiger partial charge < -0.3 is 29.1 Å². The molecule has 0 saturated heterocycles. The van der Waals surface area contributed by atoms with Gasteiger partial charge in [-0.3, -0.25) is 14.5 Å². The van der Waals surface area contributed by atoms with Crippen LogP contribution in [0.5, 0.6) is 11.6 Å². The van der Waals surface area contributed by atoms with Crippen LogP contribution >= 0.6 is 11.6 Å². The number of aliphatic hydroxyl groups excluding tert-OH is 1. The molecule has 12 heteroatoms. The van der Waals surface area contributed by atoms with Crippen LogP contribution in [0.1, 0.15) is 56.5 Å². The summed E-state index contributed by atoms with van der Waals surface area (Å²) in [5.41, 5.74) is 0.357. The van der Waals surface area contributed by atoms with Crippen molar-refractivity contribution in [2.45, 2.75) is 44.2 Å². The predicted octanol–water partition coefficient (Wildman–Crippen LogP) is 5.20. The first kappa shape index (κ1) is 33.0. The van der Waals surface area contributed by atoms with Crippen LogP contribution in [0.2, 0.25) is 5.15 Å². The topological polar surface area (TPSA) is 138 Å². The van der Waals surface area contributed by atoms with Crippen molar-refractivity contribution in [3.05, 3.63) is 111 Å². The van der Waals surface area contributed by atoms with Crippen molar-refractivity contribution < 1.29 is 33.8 Å². The van der Waals surface area contributed by atoms with Gasteiger partial charge in [-0.15, -0.1) is 0 Å². The molecule has 0 spiro atoms. The molecule has 0 bridgehead atoms. The number of fused-ring (bicyclic) bond motifs is 4. The Morgan fingerprint density at radius 1 is 0.939 bits per heavy atom. The minimum atomic E-state index is -2.52. The molecule has 2 N–H and O–H groups in total. The predicted molar refractivity (Wildman–Crippen MR) is 180 cm³/mol. The summed E-state index contributed by atoms with van der Waals surface area (Å²) in [6.07, 6.45) is 0.415. The average molecular weight is 685 g/mol. The van der Waals surface area contributed by atoms with Gasteiger partial charge >= 0.3 is 0 Å². The third kappa shape index (κ3) is 5.51. The fraction of sp³-hybridized carbons (Fsp3) is 0.351. The third-order valence-electron chi connectivity index (χ3n) is 9.67. The number of benzene rings is 2. The Morgan fingerprint density at radius 2 is 1.57 bits per heavy atom. The molecule has 2 heterocycles. The Labute approximate surface area is 288 Å². The number of halogens is 1. The van der Waals surface area contributed by atoms with Crippen molar-refractivity contribution in [3.8, 4) is 11.6 Å². The molecule has 3 aliphatic carbocycles. The molecule has 0 aliphatic heterocycles. The number of ketones is 2. The number of ether oxygens (including phenoxy) is 2. The van der Waals surface area contributed by atoms with E-state index in [4.69, 9.17) is 25.6 Å². The van der Waals surface area contributed by atoms with Crippen molar-refractivity contribution in [1.82, 2.24) is 19.9 Å². The van der Waals surface area contributed by atoms with Crippen LogP contribution in [0.25, 0.3) is 5.76 Å². The van der Waals surface area contributed by atoms with E-state index in [2.05, 4.69) is 10.1 Å². The fourth-order valence-corrected chi connectivity index (χ4v) is 7.76. The lowest BCUT2D eigenvalue weighted by Crippen LogP contribution is -2.63. The summed E-state index contributed by atoms with van der Waals surface area (Å²) < 4.78 is 18.0. The zero-order chi connectivity index (χ0) is 34.6. The number of rotatable bonds is 9. The number of aromatic nitrogens is 2. The zero-order valence-electron chi connectivity index (χ0n) is 27.6. The first-order chi connectivity index (χ1) is 23.5. The third-order valence-corrected chi connectivity index (χ3v) is 9.98. The first-order valence-corrected chi connectivity index (χ1v) is 16.5. The highest BCUT2D eigenvalue weighted by Gasteiger charge is 2.65. The van der Waals surface area contributed by atoms with Crippen molar-refractivity contribution in [1.29, 1.82) is 0 Å². The van der Waals surface area contributed by atoms with Crippen molar-refractivity contribution in [2.24, 2.45) is 11.8 Å². The van der Waals surface area contributed by atoms with Crippen LogP contribution in [-0.2, 0) is 31.0 Å². The molecule has 49 heavy (non-hydrogen) atoms. The quantitative estimate of drug-likeness (QED) is 0.178. The standard InChI is InChI=1S/C37H37ClN4O7/c1-41(2)17-25-31(47-18-20-11-7-5-8-12-20)27-23(35(38)39-25)15-22-16-24-29(42(3)4)32-28(34(45)37(24,46)33(44)26(22)30(27)43)36(40-49-32)48-19-21-13-9-6-10-14-21/h5-14,22,24,29,43,46H,15-19H2,1-4H3/t22-,24-,29?,37-/m0/s1. The summed E-state index contributed by atoms with van der Waals surface area (Å²) in [5, 5.41) is 28.7. The minimum absolute atomic E-state index is 0.0357. The van der Waals surface area contributed by atoms with E-state index in [0.717, 1.165) is 11.1 Å². The lowest BCUT2D eigenvalue weighted by Gasteiger charge is -2.49. The van der Waals surface area contributed by atoms with Crippen molar-refractivity contribution in [2.75, 3.05) is 28.2 Å². The van der Waals surface area contributed by atoms with Gasteiger partial charge in [0.05, 0.1) is 17.3 Å². The van der Waals surface area contributed by atoms with Crippen LogP contribution in [-0.4, -0.2) is 75.5 Å². The molecule has 3 aliphatic rings. The maximum Gasteiger partial charge on any atom is 0.265 e. The molecule has 4 atom stereocenters. The van der Waals surface area contributed by atoms with Gasteiger partial charge in [0.25, 0.3) is 5.88 Å². The number of hydrogen-bond donors (Lipinski definition) is 2. The largest absolute Gasteiger partial charge is 0.507 e. The van der Waals surface area contributed by atoms with Crippen molar-refractivity contribution >= 4 is 28.9 Å². The zero-order valence-corrected chi connectivity index (χ0v) is 28.4. The maximum absolute atomic E-state index is 14.7. The normalized spacial score (nSPS) is 22.9. The Balaban J connectivity index is 1.33. The van der Waals surface area contributed by atoms with E-state index in [0.29, 0.717) is 23.6 Å². The van der Waals surface area contributed by atoms with Crippen LogP contribution in [0.3, 0.4) is 0 Å². The van der Waals surface area contributed by atoms with Gasteiger partial charge in [-0.25, -0.2) is 4.98 Å².